The zero-order valence-electron chi connectivity index (χ0n) is 8.97. The molecule has 2 aromatic rings. The number of aliphatic hydroxyl groups is 1. The normalized spacial score (nSPS) is 10.9. The van der Waals surface area contributed by atoms with E-state index in [1.54, 1.807) is 18.2 Å². The number of benzene rings is 1. The van der Waals surface area contributed by atoms with Crippen molar-refractivity contribution in [1.29, 1.82) is 0 Å². The van der Waals surface area contributed by atoms with Crippen LogP contribution in [-0.4, -0.2) is 27.2 Å². The Morgan fingerprint density at radius 2 is 2.31 bits per heavy atom. The van der Waals surface area contributed by atoms with E-state index in [9.17, 15) is 4.79 Å². The van der Waals surface area contributed by atoms with Crippen molar-refractivity contribution in [3.63, 3.8) is 0 Å². The van der Waals surface area contributed by atoms with E-state index in [4.69, 9.17) is 10.8 Å². The van der Waals surface area contributed by atoms with Crippen molar-refractivity contribution in [2.24, 2.45) is 5.73 Å². The average Bonchev–Trinajstić information content (AvgIpc) is 2.55. The van der Waals surface area contributed by atoms with Crippen molar-refractivity contribution < 1.29 is 9.90 Å². The van der Waals surface area contributed by atoms with E-state index in [1.165, 1.54) is 0 Å². The lowest BCUT2D eigenvalue weighted by Gasteiger charge is -2.03. The fraction of sp³-hybridized carbons (Fsp3) is 0.273. The van der Waals surface area contributed by atoms with Crippen molar-refractivity contribution in [3.05, 3.63) is 29.6 Å². The second-order valence-corrected chi connectivity index (χ2v) is 3.60. The first-order valence-corrected chi connectivity index (χ1v) is 5.01. The third-order valence-electron chi connectivity index (χ3n) is 2.55. The Bertz CT molecular complexity index is 545. The number of aryl methyl sites for hydroxylation is 1. The number of imidazole rings is 1. The summed E-state index contributed by atoms with van der Waals surface area (Å²) in [7, 11) is 0. The van der Waals surface area contributed by atoms with Crippen molar-refractivity contribution in [2.75, 3.05) is 6.61 Å². The first kappa shape index (κ1) is 10.6. The molecule has 1 amide bonds. The molecule has 0 unspecified atom stereocenters. The Hall–Kier alpha value is -1.88. The fourth-order valence-corrected chi connectivity index (χ4v) is 1.79. The quantitative estimate of drug-likeness (QED) is 0.785. The van der Waals surface area contributed by atoms with Gasteiger partial charge < -0.3 is 15.4 Å². The van der Waals surface area contributed by atoms with Gasteiger partial charge in [0.2, 0.25) is 5.91 Å². The molecule has 0 saturated heterocycles. The van der Waals surface area contributed by atoms with Gasteiger partial charge in [-0.1, -0.05) is 0 Å². The predicted octanol–water partition coefficient (Wildman–Crippen LogP) is 0.436. The van der Waals surface area contributed by atoms with Crippen molar-refractivity contribution >= 4 is 16.9 Å². The molecule has 0 atom stereocenters. The van der Waals surface area contributed by atoms with Gasteiger partial charge in [-0.2, -0.15) is 0 Å². The minimum Gasteiger partial charge on any atom is -0.395 e. The first-order chi connectivity index (χ1) is 7.63. The summed E-state index contributed by atoms with van der Waals surface area (Å²) in [5.41, 5.74) is 7.26. The highest BCUT2D eigenvalue weighted by molar-refractivity contribution is 5.96. The molecule has 5 heteroatoms. The lowest BCUT2D eigenvalue weighted by Crippen LogP contribution is -2.10. The molecule has 0 fully saturated rings. The van der Waals surface area contributed by atoms with Gasteiger partial charge in [0.1, 0.15) is 5.82 Å². The maximum atomic E-state index is 11.0. The summed E-state index contributed by atoms with van der Waals surface area (Å²) >= 11 is 0. The highest BCUT2D eigenvalue weighted by Crippen LogP contribution is 2.17. The van der Waals surface area contributed by atoms with E-state index >= 15 is 0 Å². The average molecular weight is 219 g/mol. The Morgan fingerprint density at radius 3 is 2.94 bits per heavy atom. The number of nitrogens with zero attached hydrogens (tertiary/aromatic N) is 2. The monoisotopic (exact) mass is 219 g/mol. The van der Waals surface area contributed by atoms with Crippen LogP contribution in [0, 0.1) is 6.92 Å². The van der Waals surface area contributed by atoms with E-state index < -0.39 is 5.91 Å². The molecule has 0 spiro atoms. The van der Waals surface area contributed by atoms with Crippen molar-refractivity contribution in [1.82, 2.24) is 9.55 Å². The van der Waals surface area contributed by atoms with Gasteiger partial charge in [-0.25, -0.2) is 4.98 Å². The Morgan fingerprint density at radius 1 is 1.56 bits per heavy atom. The molecular weight excluding hydrogens is 206 g/mol. The number of aromatic nitrogens is 2. The van der Waals surface area contributed by atoms with Crippen molar-refractivity contribution in [2.45, 2.75) is 13.5 Å². The summed E-state index contributed by atoms with van der Waals surface area (Å²) in [6, 6.07) is 5.13. The number of primary amides is 1. The molecule has 16 heavy (non-hydrogen) atoms. The number of hydrogen-bond acceptors (Lipinski definition) is 3. The molecule has 1 aromatic carbocycles. The molecule has 5 nitrogen and oxygen atoms in total. The molecule has 84 valence electrons. The predicted molar refractivity (Wildman–Crippen MR) is 60.1 cm³/mol. The summed E-state index contributed by atoms with van der Waals surface area (Å²) in [6.45, 7) is 2.42. The molecule has 0 radical (unpaired) electrons. The lowest BCUT2D eigenvalue weighted by atomic mass is 10.2. The molecule has 2 rings (SSSR count). The van der Waals surface area contributed by atoms with Crippen LogP contribution in [0.3, 0.4) is 0 Å². The molecule has 1 heterocycles. The van der Waals surface area contributed by atoms with Gasteiger partial charge in [-0.05, 0) is 25.1 Å². The second-order valence-electron chi connectivity index (χ2n) is 3.60. The van der Waals surface area contributed by atoms with Crippen LogP contribution < -0.4 is 5.73 Å². The van der Waals surface area contributed by atoms with Gasteiger partial charge in [0, 0.05) is 12.1 Å². The number of amides is 1. The van der Waals surface area contributed by atoms with E-state index in [1.807, 2.05) is 11.5 Å². The minimum atomic E-state index is -0.462. The number of hydrogen-bond donors (Lipinski definition) is 2. The smallest absolute Gasteiger partial charge is 0.248 e. The number of nitrogens with two attached hydrogens (primary N) is 1. The number of fused-ring (bicyclic) bond motifs is 1. The van der Waals surface area contributed by atoms with Crippen LogP contribution in [0.5, 0.6) is 0 Å². The number of aliphatic hydroxyl groups excluding tert-OH is 1. The Kier molecular flexibility index (Phi) is 2.62. The summed E-state index contributed by atoms with van der Waals surface area (Å²) in [5.74, 6) is 0.349. The van der Waals surface area contributed by atoms with E-state index in [0.29, 0.717) is 12.1 Å². The van der Waals surface area contributed by atoms with E-state index in [2.05, 4.69) is 4.98 Å². The fourth-order valence-electron chi connectivity index (χ4n) is 1.79. The van der Waals surface area contributed by atoms with Crippen LogP contribution >= 0.6 is 0 Å². The molecular formula is C11H13N3O2. The molecule has 0 aliphatic carbocycles. The Labute approximate surface area is 92.5 Å². The summed E-state index contributed by atoms with van der Waals surface area (Å²) < 4.78 is 1.90. The molecule has 0 aliphatic heterocycles. The standard InChI is InChI=1S/C11H13N3O2/c1-7-13-9-6-8(11(12)16)2-3-10(9)14(7)4-5-15/h2-3,6,15H,4-5H2,1H3,(H2,12,16). The summed E-state index contributed by atoms with van der Waals surface area (Å²) in [5, 5.41) is 8.94. The molecule has 1 aromatic heterocycles. The van der Waals surface area contributed by atoms with Gasteiger partial charge in [-0.15, -0.1) is 0 Å². The van der Waals surface area contributed by atoms with Crippen molar-refractivity contribution in [3.8, 4) is 0 Å². The number of rotatable bonds is 3. The molecule has 3 N–H and O–H groups in total. The van der Waals surface area contributed by atoms with Crippen LogP contribution in [0.15, 0.2) is 18.2 Å². The SMILES string of the molecule is Cc1nc2cc(C(N)=O)ccc2n1CCO. The lowest BCUT2D eigenvalue weighted by molar-refractivity contribution is 0.100. The van der Waals surface area contributed by atoms with Gasteiger partial charge in [0.25, 0.3) is 0 Å². The third-order valence-corrected chi connectivity index (χ3v) is 2.55. The van der Waals surface area contributed by atoms with Crippen LogP contribution in [0.25, 0.3) is 11.0 Å². The summed E-state index contributed by atoms with van der Waals surface area (Å²) in [6.07, 6.45) is 0. The maximum Gasteiger partial charge on any atom is 0.248 e. The largest absolute Gasteiger partial charge is 0.395 e. The van der Waals surface area contributed by atoms with Gasteiger partial charge in [-0.3, -0.25) is 4.79 Å². The third kappa shape index (κ3) is 1.65. The highest BCUT2D eigenvalue weighted by atomic mass is 16.3. The summed E-state index contributed by atoms with van der Waals surface area (Å²) in [4.78, 5) is 15.3. The van der Waals surface area contributed by atoms with Gasteiger partial charge >= 0.3 is 0 Å². The van der Waals surface area contributed by atoms with Crippen LogP contribution in [0.1, 0.15) is 16.2 Å². The Balaban J connectivity index is 2.60. The van der Waals surface area contributed by atoms with Crippen LogP contribution in [0.2, 0.25) is 0 Å². The second kappa shape index (κ2) is 3.94. The van der Waals surface area contributed by atoms with Crippen LogP contribution in [0.4, 0.5) is 0 Å². The number of carbonyl (C=O) groups is 1. The van der Waals surface area contributed by atoms with E-state index in [0.717, 1.165) is 16.9 Å². The molecule has 0 saturated carbocycles. The zero-order chi connectivity index (χ0) is 11.7. The van der Waals surface area contributed by atoms with Gasteiger partial charge in [0.15, 0.2) is 0 Å². The van der Waals surface area contributed by atoms with Gasteiger partial charge in [0.05, 0.1) is 17.6 Å². The van der Waals surface area contributed by atoms with E-state index in [-0.39, 0.29) is 6.61 Å². The zero-order valence-corrected chi connectivity index (χ0v) is 8.97. The molecule has 0 bridgehead atoms. The highest BCUT2D eigenvalue weighted by Gasteiger charge is 2.09. The number of carbonyl (C=O) groups excluding carboxylic acids is 1. The maximum absolute atomic E-state index is 11.0. The first-order valence-electron chi connectivity index (χ1n) is 5.01. The topological polar surface area (TPSA) is 81.1 Å². The van der Waals surface area contributed by atoms with Crippen LogP contribution in [-0.2, 0) is 6.54 Å². The minimum absolute atomic E-state index is 0.0594. The molecule has 0 aliphatic rings.